The summed E-state index contributed by atoms with van der Waals surface area (Å²) >= 11 is 7.24. The van der Waals surface area contributed by atoms with Crippen molar-refractivity contribution in [2.24, 2.45) is 0 Å². The zero-order valence-corrected chi connectivity index (χ0v) is 21.8. The summed E-state index contributed by atoms with van der Waals surface area (Å²) in [6.07, 6.45) is -1.000. The number of nitriles is 2. The van der Waals surface area contributed by atoms with Crippen LogP contribution in [-0.4, -0.2) is 39.5 Å². The lowest BCUT2D eigenvalue weighted by Crippen LogP contribution is -2.21. The van der Waals surface area contributed by atoms with Gasteiger partial charge in [0, 0.05) is 21.9 Å². The van der Waals surface area contributed by atoms with E-state index in [9.17, 15) is 15.6 Å². The van der Waals surface area contributed by atoms with Crippen molar-refractivity contribution < 1.29 is 19.4 Å². The standard InChI is InChI=1S/C27H22ClN5O4S/c1-15-23(32-26(37-15)17-2-6-18(28)7-3-17)14-38-27-22(11-30)24(21(10-29)25(31)33-27)16-4-8-20(9-5-16)36-13-19(35)12-34/h2-9,19,34-35H,12-14H2,1H3,(H2,31,33)/t19-/m0/s1. The van der Waals surface area contributed by atoms with Crippen LogP contribution in [0.15, 0.2) is 58.0 Å². The smallest absolute Gasteiger partial charge is 0.226 e. The highest BCUT2D eigenvalue weighted by atomic mass is 35.5. The van der Waals surface area contributed by atoms with Crippen LogP contribution >= 0.6 is 23.4 Å². The Hall–Kier alpha value is -4.06. The van der Waals surface area contributed by atoms with Gasteiger partial charge in [-0.1, -0.05) is 35.5 Å². The molecule has 11 heteroatoms. The molecule has 0 aliphatic rings. The Balaban J connectivity index is 1.63. The lowest BCUT2D eigenvalue weighted by molar-refractivity contribution is 0.0536. The number of hydrogen-bond acceptors (Lipinski definition) is 10. The van der Waals surface area contributed by atoms with Crippen molar-refractivity contribution in [3.63, 3.8) is 0 Å². The molecule has 4 rings (SSSR count). The first kappa shape index (κ1) is 27.0. The van der Waals surface area contributed by atoms with Crippen LogP contribution in [0.1, 0.15) is 22.6 Å². The molecule has 0 fully saturated rings. The van der Waals surface area contributed by atoms with Crippen LogP contribution in [0, 0.1) is 29.6 Å². The molecule has 1 atom stereocenters. The summed E-state index contributed by atoms with van der Waals surface area (Å²) in [7, 11) is 0. The van der Waals surface area contributed by atoms with Gasteiger partial charge in [-0.2, -0.15) is 10.5 Å². The minimum atomic E-state index is -1.000. The van der Waals surface area contributed by atoms with Crippen molar-refractivity contribution in [3.05, 3.63) is 76.1 Å². The van der Waals surface area contributed by atoms with Crippen molar-refractivity contribution in [3.8, 4) is 40.5 Å². The predicted molar refractivity (Wildman–Crippen MR) is 143 cm³/mol. The number of nitrogens with two attached hydrogens (primary N) is 1. The van der Waals surface area contributed by atoms with Crippen LogP contribution in [0.2, 0.25) is 5.02 Å². The van der Waals surface area contributed by atoms with E-state index in [-0.39, 0.29) is 23.6 Å². The molecule has 0 spiro atoms. The molecule has 0 radical (unpaired) electrons. The quantitative estimate of drug-likeness (QED) is 0.250. The Morgan fingerprint density at radius 3 is 2.34 bits per heavy atom. The van der Waals surface area contributed by atoms with Gasteiger partial charge in [-0.15, -0.1) is 0 Å². The molecule has 2 aromatic heterocycles. The molecular formula is C27H22ClN5O4S. The summed E-state index contributed by atoms with van der Waals surface area (Å²) in [5.74, 6) is 1.90. The predicted octanol–water partition coefficient (Wildman–Crippen LogP) is 4.72. The van der Waals surface area contributed by atoms with E-state index in [0.717, 1.165) is 5.56 Å². The van der Waals surface area contributed by atoms with E-state index in [1.165, 1.54) is 11.8 Å². The molecule has 0 aliphatic heterocycles. The first-order valence-electron chi connectivity index (χ1n) is 11.4. The van der Waals surface area contributed by atoms with Gasteiger partial charge in [-0.25, -0.2) is 9.97 Å². The highest BCUT2D eigenvalue weighted by Crippen LogP contribution is 2.37. The lowest BCUT2D eigenvalue weighted by Gasteiger charge is -2.14. The number of aliphatic hydroxyl groups is 2. The molecule has 38 heavy (non-hydrogen) atoms. The van der Waals surface area contributed by atoms with Crippen molar-refractivity contribution in [1.29, 1.82) is 10.5 Å². The van der Waals surface area contributed by atoms with Crippen LogP contribution < -0.4 is 10.5 Å². The fourth-order valence-electron chi connectivity index (χ4n) is 3.57. The third kappa shape index (κ3) is 5.91. The first-order chi connectivity index (χ1) is 18.3. The summed E-state index contributed by atoms with van der Waals surface area (Å²) in [4.78, 5) is 8.93. The van der Waals surface area contributed by atoms with E-state index in [1.807, 2.05) is 19.1 Å². The zero-order valence-electron chi connectivity index (χ0n) is 20.2. The maximum atomic E-state index is 10.1. The zero-order chi connectivity index (χ0) is 27.2. The minimum absolute atomic E-state index is 0.00845. The molecule has 0 aliphatic carbocycles. The number of aromatic nitrogens is 2. The molecule has 0 saturated heterocycles. The van der Waals surface area contributed by atoms with Crippen LogP contribution in [0.5, 0.6) is 5.75 Å². The van der Waals surface area contributed by atoms with E-state index < -0.39 is 12.7 Å². The van der Waals surface area contributed by atoms with Gasteiger partial charge < -0.3 is 25.1 Å². The van der Waals surface area contributed by atoms with Gasteiger partial charge in [0.2, 0.25) is 5.89 Å². The number of ether oxygens (including phenoxy) is 1. The number of hydrogen-bond donors (Lipinski definition) is 3. The molecule has 4 aromatic rings. The van der Waals surface area contributed by atoms with Gasteiger partial charge in [-0.05, 0) is 48.9 Å². The molecule has 0 amide bonds. The highest BCUT2D eigenvalue weighted by molar-refractivity contribution is 7.98. The number of pyridine rings is 1. The summed E-state index contributed by atoms with van der Waals surface area (Å²) in [6.45, 7) is 1.32. The Bertz CT molecular complexity index is 1530. The third-order valence-corrected chi connectivity index (χ3v) is 6.78. The number of oxazole rings is 1. The third-order valence-electron chi connectivity index (χ3n) is 5.54. The van der Waals surface area contributed by atoms with Gasteiger partial charge in [0.25, 0.3) is 0 Å². The van der Waals surface area contributed by atoms with Crippen LogP contribution in [0.3, 0.4) is 0 Å². The van der Waals surface area contributed by atoms with Crippen LogP contribution in [-0.2, 0) is 5.75 Å². The number of aryl methyl sites for hydroxylation is 1. The van der Waals surface area contributed by atoms with Crippen molar-refractivity contribution in [1.82, 2.24) is 9.97 Å². The van der Waals surface area contributed by atoms with Crippen LogP contribution in [0.25, 0.3) is 22.6 Å². The maximum Gasteiger partial charge on any atom is 0.226 e. The number of nitrogen functional groups attached to an aromatic ring is 1. The molecule has 0 bridgehead atoms. The largest absolute Gasteiger partial charge is 0.491 e. The molecule has 2 aromatic carbocycles. The number of benzene rings is 2. The summed E-state index contributed by atoms with van der Waals surface area (Å²) in [5, 5.41) is 39.2. The Morgan fingerprint density at radius 1 is 1.05 bits per heavy atom. The normalized spacial score (nSPS) is 11.5. The molecular weight excluding hydrogens is 526 g/mol. The van der Waals surface area contributed by atoms with Crippen LogP contribution in [0.4, 0.5) is 5.82 Å². The summed E-state index contributed by atoms with van der Waals surface area (Å²) in [6, 6.07) is 18.0. The summed E-state index contributed by atoms with van der Waals surface area (Å²) < 4.78 is 11.3. The van der Waals surface area contributed by atoms with E-state index in [4.69, 9.17) is 31.6 Å². The Morgan fingerprint density at radius 2 is 1.71 bits per heavy atom. The topological polar surface area (TPSA) is 162 Å². The van der Waals surface area contributed by atoms with Gasteiger partial charge >= 0.3 is 0 Å². The number of thioether (sulfide) groups is 1. The van der Waals surface area contributed by atoms with Gasteiger partial charge in [0.05, 0.1) is 17.9 Å². The second-order valence-corrected chi connectivity index (χ2v) is 9.54. The van der Waals surface area contributed by atoms with Gasteiger partial charge in [-0.3, -0.25) is 0 Å². The van der Waals surface area contributed by atoms with Gasteiger partial charge in [0.15, 0.2) is 0 Å². The fraction of sp³-hybridized carbons (Fsp3) is 0.185. The SMILES string of the molecule is Cc1oc(-c2ccc(Cl)cc2)nc1CSc1nc(N)c(C#N)c(-c2ccc(OC[C@@H](O)CO)cc2)c1C#N. The monoisotopic (exact) mass is 547 g/mol. The number of nitrogens with zero attached hydrogens (tertiary/aromatic N) is 4. The van der Waals surface area contributed by atoms with Crippen molar-refractivity contribution >= 4 is 29.2 Å². The molecule has 0 saturated carbocycles. The average Bonchev–Trinajstić information content (AvgIpc) is 3.30. The number of aliphatic hydroxyl groups excluding tert-OH is 2. The maximum absolute atomic E-state index is 10.1. The Kier molecular flexibility index (Phi) is 8.52. The molecule has 0 unspecified atom stereocenters. The first-order valence-corrected chi connectivity index (χ1v) is 12.7. The van der Waals surface area contributed by atoms with Crippen molar-refractivity contribution in [2.75, 3.05) is 18.9 Å². The number of rotatable bonds is 9. The molecule has 9 nitrogen and oxygen atoms in total. The Labute approximate surface area is 228 Å². The lowest BCUT2D eigenvalue weighted by atomic mass is 9.97. The summed E-state index contributed by atoms with van der Waals surface area (Å²) in [5.41, 5.74) is 8.85. The average molecular weight is 548 g/mol. The minimum Gasteiger partial charge on any atom is -0.491 e. The van der Waals surface area contributed by atoms with E-state index in [0.29, 0.717) is 50.0 Å². The van der Waals surface area contributed by atoms with Gasteiger partial charge in [0.1, 0.15) is 52.8 Å². The number of anilines is 1. The second kappa shape index (κ2) is 12.0. The molecule has 192 valence electrons. The van der Waals surface area contributed by atoms with Crippen molar-refractivity contribution in [2.45, 2.75) is 23.8 Å². The fourth-order valence-corrected chi connectivity index (χ4v) is 4.69. The van der Waals surface area contributed by atoms with E-state index >= 15 is 0 Å². The van der Waals surface area contributed by atoms with E-state index in [2.05, 4.69) is 22.1 Å². The second-order valence-electron chi connectivity index (χ2n) is 8.14. The highest BCUT2D eigenvalue weighted by Gasteiger charge is 2.22. The molecule has 2 heterocycles. The molecule has 4 N–H and O–H groups in total. The van der Waals surface area contributed by atoms with E-state index in [1.54, 1.807) is 36.4 Å². The number of halogens is 1.